The fraction of sp³-hybridized carbons (Fsp3) is 0.125. The fourth-order valence-electron chi connectivity index (χ4n) is 4.96. The van der Waals surface area contributed by atoms with Gasteiger partial charge in [-0.2, -0.15) is 9.97 Å². The van der Waals surface area contributed by atoms with Crippen molar-refractivity contribution in [1.29, 1.82) is 0 Å². The van der Waals surface area contributed by atoms with Gasteiger partial charge in [-0.1, -0.05) is 99.6 Å². The van der Waals surface area contributed by atoms with Crippen molar-refractivity contribution < 1.29 is 0 Å². The molecule has 0 radical (unpaired) electrons. The molecule has 3 heterocycles. The van der Waals surface area contributed by atoms with Gasteiger partial charge in [0, 0.05) is 11.1 Å². The number of para-hydroxylation sites is 2. The van der Waals surface area contributed by atoms with Crippen molar-refractivity contribution in [2.75, 3.05) is 0 Å². The van der Waals surface area contributed by atoms with E-state index in [0.29, 0.717) is 17.6 Å². The van der Waals surface area contributed by atoms with Crippen molar-refractivity contribution in [3.63, 3.8) is 0 Å². The van der Waals surface area contributed by atoms with Crippen LogP contribution in [0.2, 0.25) is 0 Å². The summed E-state index contributed by atoms with van der Waals surface area (Å²) in [6, 6.07) is 34.9. The molecule has 0 fully saturated rings. The zero-order valence-corrected chi connectivity index (χ0v) is 21.5. The topological polar surface area (TPSA) is 60.9 Å². The van der Waals surface area contributed by atoms with Crippen LogP contribution in [0.3, 0.4) is 0 Å². The summed E-state index contributed by atoms with van der Waals surface area (Å²) in [5.74, 6) is 2.56. The number of benzene rings is 4. The normalized spacial score (nSPS) is 12.1. The van der Waals surface area contributed by atoms with Gasteiger partial charge in [-0.05, 0) is 35.2 Å². The molecule has 0 bridgehead atoms. The molecule has 0 aliphatic carbocycles. The second-order valence-electron chi connectivity index (χ2n) is 10.5. The van der Waals surface area contributed by atoms with Gasteiger partial charge in [0.25, 0.3) is 0 Å². The summed E-state index contributed by atoms with van der Waals surface area (Å²) in [6.07, 6.45) is 0. The van der Waals surface area contributed by atoms with Crippen molar-refractivity contribution in [1.82, 2.24) is 28.9 Å². The molecule has 7 rings (SSSR count). The number of hydrogen-bond donors (Lipinski definition) is 0. The van der Waals surface area contributed by atoms with E-state index < -0.39 is 0 Å². The number of aromatic nitrogens is 6. The highest BCUT2D eigenvalue weighted by Gasteiger charge is 2.23. The zero-order valence-electron chi connectivity index (χ0n) is 21.5. The van der Waals surface area contributed by atoms with Gasteiger partial charge in [-0.25, -0.2) is 14.5 Å². The summed E-state index contributed by atoms with van der Waals surface area (Å²) in [5, 5.41) is 0. The van der Waals surface area contributed by atoms with E-state index in [0.717, 1.165) is 39.0 Å². The van der Waals surface area contributed by atoms with E-state index in [-0.39, 0.29) is 5.41 Å². The molecule has 6 heteroatoms. The van der Waals surface area contributed by atoms with Crippen molar-refractivity contribution >= 4 is 27.8 Å². The van der Waals surface area contributed by atoms with Gasteiger partial charge in [0.2, 0.25) is 11.7 Å². The van der Waals surface area contributed by atoms with Gasteiger partial charge in [-0.15, -0.1) is 0 Å². The predicted octanol–water partition coefficient (Wildman–Crippen LogP) is 7.25. The van der Waals surface area contributed by atoms with Crippen LogP contribution in [0.4, 0.5) is 0 Å². The van der Waals surface area contributed by atoms with Gasteiger partial charge in [0.1, 0.15) is 0 Å². The van der Waals surface area contributed by atoms with E-state index in [2.05, 4.69) is 60.1 Å². The van der Waals surface area contributed by atoms with E-state index in [4.69, 9.17) is 19.9 Å². The first kappa shape index (κ1) is 22.4. The van der Waals surface area contributed by atoms with Gasteiger partial charge in [0.15, 0.2) is 11.6 Å². The Balaban J connectivity index is 1.59. The Morgan fingerprint density at radius 3 is 1.79 bits per heavy atom. The van der Waals surface area contributed by atoms with E-state index in [9.17, 15) is 0 Å². The average molecular weight is 495 g/mol. The first-order valence-corrected chi connectivity index (χ1v) is 12.8. The molecule has 0 unspecified atom stereocenters. The van der Waals surface area contributed by atoms with Crippen LogP contribution >= 0.6 is 0 Å². The largest absolute Gasteiger partial charge is 0.276 e. The average Bonchev–Trinajstić information content (AvgIpc) is 3.47. The molecule has 38 heavy (non-hydrogen) atoms. The Morgan fingerprint density at radius 1 is 0.553 bits per heavy atom. The monoisotopic (exact) mass is 494 g/mol. The molecule has 0 atom stereocenters. The highest BCUT2D eigenvalue weighted by Crippen LogP contribution is 2.33. The van der Waals surface area contributed by atoms with E-state index >= 15 is 0 Å². The minimum Gasteiger partial charge on any atom is -0.276 e. The van der Waals surface area contributed by atoms with Crippen LogP contribution in [-0.4, -0.2) is 28.9 Å². The van der Waals surface area contributed by atoms with Crippen LogP contribution in [0, 0.1) is 0 Å². The Kier molecular flexibility index (Phi) is 4.91. The lowest BCUT2D eigenvalue weighted by molar-refractivity contribution is 0.591. The maximum absolute atomic E-state index is 5.05. The first-order chi connectivity index (χ1) is 18.5. The third-order valence-corrected chi connectivity index (χ3v) is 6.95. The van der Waals surface area contributed by atoms with Crippen LogP contribution in [0.5, 0.6) is 0 Å². The number of rotatable bonds is 3. The lowest BCUT2D eigenvalue weighted by atomic mass is 9.87. The number of nitrogens with zero attached hydrogens (tertiary/aromatic N) is 6. The summed E-state index contributed by atoms with van der Waals surface area (Å²) in [6.45, 7) is 6.70. The standard InChI is InChI=1S/C32H26N6/c1-32(2,3)23-18-19-26-27(20-23)37-25-17-11-10-16-24(25)33-31(37)38(26)30-35-28(21-12-6-4-7-13-21)34-29(36-30)22-14-8-5-9-15-22/h4-20H,1-3H3. The minimum absolute atomic E-state index is 0.00707. The smallest absolute Gasteiger partial charge is 0.241 e. The van der Waals surface area contributed by atoms with Gasteiger partial charge < -0.3 is 0 Å². The molecule has 0 saturated carbocycles. The molecule has 6 nitrogen and oxygen atoms in total. The highest BCUT2D eigenvalue weighted by atomic mass is 15.3. The summed E-state index contributed by atoms with van der Waals surface area (Å²) < 4.78 is 4.27. The molecule has 0 amide bonds. The highest BCUT2D eigenvalue weighted by molar-refractivity contribution is 5.92. The van der Waals surface area contributed by atoms with Gasteiger partial charge in [-0.3, -0.25) is 4.40 Å². The SMILES string of the molecule is CC(C)(C)c1ccc2c(c1)n1c3ccccc3nc1n2-c1nc(-c2ccccc2)nc(-c2ccccc2)n1. The van der Waals surface area contributed by atoms with Crippen molar-refractivity contribution in [2.45, 2.75) is 26.2 Å². The van der Waals surface area contributed by atoms with Crippen LogP contribution in [-0.2, 0) is 5.41 Å². The van der Waals surface area contributed by atoms with Crippen LogP contribution in [0.25, 0.3) is 56.6 Å². The zero-order chi connectivity index (χ0) is 25.9. The maximum atomic E-state index is 5.05. The van der Waals surface area contributed by atoms with Crippen molar-refractivity contribution in [3.05, 3.63) is 109 Å². The van der Waals surface area contributed by atoms with Crippen molar-refractivity contribution in [3.8, 4) is 28.7 Å². The van der Waals surface area contributed by atoms with Gasteiger partial charge >= 0.3 is 0 Å². The summed E-state index contributed by atoms with van der Waals surface area (Å²) in [7, 11) is 0. The summed E-state index contributed by atoms with van der Waals surface area (Å²) >= 11 is 0. The second kappa shape index (κ2) is 8.35. The van der Waals surface area contributed by atoms with Crippen molar-refractivity contribution in [2.24, 2.45) is 0 Å². The molecule has 4 aromatic carbocycles. The lowest BCUT2D eigenvalue weighted by Gasteiger charge is -2.19. The number of fused-ring (bicyclic) bond motifs is 5. The minimum atomic E-state index is 0.00707. The molecule has 0 aliphatic heterocycles. The summed E-state index contributed by atoms with van der Waals surface area (Å²) in [5.41, 5.74) is 7.19. The van der Waals surface area contributed by atoms with E-state index in [1.165, 1.54) is 5.56 Å². The molecular weight excluding hydrogens is 468 g/mol. The molecule has 0 spiro atoms. The lowest BCUT2D eigenvalue weighted by Crippen LogP contribution is -2.11. The third kappa shape index (κ3) is 3.57. The quantitative estimate of drug-likeness (QED) is 0.260. The Morgan fingerprint density at radius 2 is 1.16 bits per heavy atom. The summed E-state index contributed by atoms with van der Waals surface area (Å²) in [4.78, 5) is 19.9. The molecule has 7 aromatic rings. The third-order valence-electron chi connectivity index (χ3n) is 6.95. The van der Waals surface area contributed by atoms with Gasteiger partial charge in [0.05, 0.1) is 22.1 Å². The maximum Gasteiger partial charge on any atom is 0.241 e. The Bertz CT molecular complexity index is 1890. The predicted molar refractivity (Wildman–Crippen MR) is 152 cm³/mol. The molecule has 0 saturated heterocycles. The Hall–Kier alpha value is -4.84. The fourth-order valence-corrected chi connectivity index (χ4v) is 4.96. The Labute approximate surface area is 220 Å². The van der Waals surface area contributed by atoms with E-state index in [1.54, 1.807) is 0 Å². The second-order valence-corrected chi connectivity index (χ2v) is 10.5. The molecular formula is C32H26N6. The molecule has 3 aromatic heterocycles. The molecule has 184 valence electrons. The number of hydrogen-bond acceptors (Lipinski definition) is 4. The van der Waals surface area contributed by atoms with E-state index in [1.807, 2.05) is 72.8 Å². The first-order valence-electron chi connectivity index (χ1n) is 12.8. The van der Waals surface area contributed by atoms with Crippen LogP contribution in [0.15, 0.2) is 103 Å². The van der Waals surface area contributed by atoms with Crippen LogP contribution < -0.4 is 0 Å². The molecule has 0 aliphatic rings. The molecule has 0 N–H and O–H groups in total. The van der Waals surface area contributed by atoms with Crippen LogP contribution in [0.1, 0.15) is 26.3 Å². The number of imidazole rings is 2.